The van der Waals surface area contributed by atoms with Gasteiger partial charge in [-0.05, 0) is 12.1 Å². The van der Waals surface area contributed by atoms with Crippen LogP contribution in [0.5, 0.6) is 0 Å². The molecule has 0 spiro atoms. The van der Waals surface area contributed by atoms with E-state index in [2.05, 4.69) is 4.98 Å². The lowest BCUT2D eigenvalue weighted by Crippen LogP contribution is -2.05. The molecule has 112 valence electrons. The molecule has 8 heteroatoms. The maximum atomic E-state index is 12.7. The highest BCUT2D eigenvalue weighted by Crippen LogP contribution is 2.30. The van der Waals surface area contributed by atoms with E-state index in [9.17, 15) is 23.3 Å². The average Bonchev–Trinajstić information content (AvgIpc) is 2.89. The molecule has 3 rings (SSSR count). The Hall–Kier alpha value is -2.90. The minimum Gasteiger partial charge on any atom is -0.306 e. The van der Waals surface area contributed by atoms with E-state index in [-0.39, 0.29) is 5.69 Å². The summed E-state index contributed by atoms with van der Waals surface area (Å²) in [7, 11) is 0. The number of fused-ring (bicyclic) bond motifs is 1. The molecular weight excluding hydrogens is 299 g/mol. The lowest BCUT2D eigenvalue weighted by molar-refractivity contribution is -0.384. The van der Waals surface area contributed by atoms with Crippen molar-refractivity contribution in [3.63, 3.8) is 0 Å². The molecule has 0 bridgehead atoms. The van der Waals surface area contributed by atoms with Gasteiger partial charge in [-0.3, -0.25) is 10.1 Å². The van der Waals surface area contributed by atoms with Crippen molar-refractivity contribution >= 4 is 11.3 Å². The zero-order valence-electron chi connectivity index (χ0n) is 10.9. The molecule has 0 saturated heterocycles. The first-order valence-corrected chi connectivity index (χ1v) is 6.15. The number of nitrogens with zero attached hydrogens (tertiary/aromatic N) is 3. The van der Waals surface area contributed by atoms with Gasteiger partial charge in [-0.15, -0.1) is 0 Å². The number of alkyl halides is 3. The van der Waals surface area contributed by atoms with Gasteiger partial charge in [0.05, 0.1) is 16.2 Å². The van der Waals surface area contributed by atoms with Crippen LogP contribution in [0.4, 0.5) is 18.9 Å². The fourth-order valence-electron chi connectivity index (χ4n) is 2.08. The molecular formula is C14H8F3N3O2. The van der Waals surface area contributed by atoms with Crippen LogP contribution in [-0.2, 0) is 6.18 Å². The van der Waals surface area contributed by atoms with Gasteiger partial charge < -0.3 is 4.40 Å². The Kier molecular flexibility index (Phi) is 3.09. The van der Waals surface area contributed by atoms with Gasteiger partial charge >= 0.3 is 6.18 Å². The minimum atomic E-state index is -4.44. The van der Waals surface area contributed by atoms with E-state index in [4.69, 9.17) is 0 Å². The third-order valence-electron chi connectivity index (χ3n) is 3.13. The second-order valence-corrected chi connectivity index (χ2v) is 4.61. The average molecular weight is 307 g/mol. The summed E-state index contributed by atoms with van der Waals surface area (Å²) in [4.78, 5) is 14.4. The number of hydrogen-bond acceptors (Lipinski definition) is 3. The fraction of sp³-hybridized carbons (Fsp3) is 0.0714. The van der Waals surface area contributed by atoms with Gasteiger partial charge in [0.15, 0.2) is 0 Å². The quantitative estimate of drug-likeness (QED) is 0.532. The van der Waals surface area contributed by atoms with Gasteiger partial charge in [0.1, 0.15) is 5.65 Å². The summed E-state index contributed by atoms with van der Waals surface area (Å²) in [5.41, 5.74) is 0.262. The maximum Gasteiger partial charge on any atom is 0.417 e. The Bertz CT molecular complexity index is 871. The van der Waals surface area contributed by atoms with E-state index in [1.54, 1.807) is 6.07 Å². The Labute approximate surface area is 121 Å². The van der Waals surface area contributed by atoms with Crippen LogP contribution in [0, 0.1) is 10.1 Å². The van der Waals surface area contributed by atoms with E-state index in [1.807, 2.05) is 0 Å². The second-order valence-electron chi connectivity index (χ2n) is 4.61. The van der Waals surface area contributed by atoms with E-state index < -0.39 is 16.7 Å². The number of benzene rings is 1. The monoisotopic (exact) mass is 307 g/mol. The number of nitro benzene ring substituents is 1. The molecule has 22 heavy (non-hydrogen) atoms. The zero-order valence-corrected chi connectivity index (χ0v) is 10.9. The number of halogens is 3. The number of imidazole rings is 1. The van der Waals surface area contributed by atoms with Crippen LogP contribution in [0.3, 0.4) is 0 Å². The lowest BCUT2D eigenvalue weighted by Gasteiger charge is -2.05. The van der Waals surface area contributed by atoms with Crippen molar-refractivity contribution < 1.29 is 18.1 Å². The first kappa shape index (κ1) is 14.1. The van der Waals surface area contributed by atoms with Gasteiger partial charge in [0, 0.05) is 30.1 Å². The molecule has 5 nitrogen and oxygen atoms in total. The minimum absolute atomic E-state index is 0.106. The molecule has 0 fully saturated rings. The zero-order chi connectivity index (χ0) is 15.9. The first-order chi connectivity index (χ1) is 10.3. The number of hydrogen-bond donors (Lipinski definition) is 0. The third kappa shape index (κ3) is 2.50. The summed E-state index contributed by atoms with van der Waals surface area (Å²) in [6.07, 6.45) is -2.10. The molecule has 1 aromatic carbocycles. The molecule has 2 aromatic heterocycles. The molecule has 0 saturated carbocycles. The molecule has 2 heterocycles. The number of nitro groups is 1. The highest BCUT2D eigenvalue weighted by atomic mass is 19.4. The van der Waals surface area contributed by atoms with Crippen LogP contribution >= 0.6 is 0 Å². The highest BCUT2D eigenvalue weighted by Gasteiger charge is 2.30. The lowest BCUT2D eigenvalue weighted by atomic mass is 10.1. The third-order valence-corrected chi connectivity index (χ3v) is 3.13. The summed E-state index contributed by atoms with van der Waals surface area (Å²) in [6.45, 7) is 0. The van der Waals surface area contributed by atoms with Crippen molar-refractivity contribution in [2.75, 3.05) is 0 Å². The Morgan fingerprint density at radius 2 is 1.91 bits per heavy atom. The molecule has 0 N–H and O–H groups in total. The summed E-state index contributed by atoms with van der Waals surface area (Å²) in [5, 5.41) is 10.8. The summed E-state index contributed by atoms with van der Waals surface area (Å²) in [5.74, 6) is 0. The largest absolute Gasteiger partial charge is 0.417 e. The van der Waals surface area contributed by atoms with Crippen LogP contribution in [0.15, 0.2) is 48.8 Å². The molecule has 0 aliphatic rings. The Morgan fingerprint density at radius 1 is 1.14 bits per heavy atom. The van der Waals surface area contributed by atoms with Crippen LogP contribution in [-0.4, -0.2) is 14.3 Å². The van der Waals surface area contributed by atoms with Crippen molar-refractivity contribution in [2.24, 2.45) is 0 Å². The van der Waals surface area contributed by atoms with Gasteiger partial charge in [-0.25, -0.2) is 4.98 Å². The topological polar surface area (TPSA) is 60.4 Å². The normalized spacial score (nSPS) is 11.8. The predicted octanol–water partition coefficient (Wildman–Crippen LogP) is 3.93. The molecule has 0 atom stereocenters. The van der Waals surface area contributed by atoms with Gasteiger partial charge in [0.25, 0.3) is 5.69 Å². The maximum absolute atomic E-state index is 12.7. The standard InChI is InChI=1S/C14H8F3N3O2/c15-14(16,17)10-4-5-13-18-12(8-19(13)7-10)9-2-1-3-11(6-9)20(21)22/h1-8H. The molecule has 3 aromatic rings. The van der Waals surface area contributed by atoms with E-state index in [0.717, 1.165) is 12.3 Å². The highest BCUT2D eigenvalue weighted by molar-refractivity contribution is 5.65. The Morgan fingerprint density at radius 3 is 2.59 bits per heavy atom. The van der Waals surface area contributed by atoms with Crippen LogP contribution < -0.4 is 0 Å². The second kappa shape index (κ2) is 4.83. The van der Waals surface area contributed by atoms with Crippen molar-refractivity contribution in [2.45, 2.75) is 6.18 Å². The summed E-state index contributed by atoms with van der Waals surface area (Å²) in [6, 6.07) is 7.97. The van der Waals surface area contributed by atoms with Crippen LogP contribution in [0.1, 0.15) is 5.56 Å². The number of rotatable bonds is 2. The number of aromatic nitrogens is 2. The first-order valence-electron chi connectivity index (χ1n) is 6.15. The van der Waals surface area contributed by atoms with Gasteiger partial charge in [-0.1, -0.05) is 12.1 Å². The smallest absolute Gasteiger partial charge is 0.306 e. The predicted molar refractivity (Wildman–Crippen MR) is 72.3 cm³/mol. The fourth-order valence-corrected chi connectivity index (χ4v) is 2.08. The van der Waals surface area contributed by atoms with Crippen LogP contribution in [0.2, 0.25) is 0 Å². The number of non-ortho nitro benzene ring substituents is 1. The van der Waals surface area contributed by atoms with E-state index >= 15 is 0 Å². The summed E-state index contributed by atoms with van der Waals surface area (Å²) < 4.78 is 39.3. The molecule has 0 amide bonds. The Balaban J connectivity index is 2.09. The van der Waals surface area contributed by atoms with Crippen molar-refractivity contribution in [3.8, 4) is 11.3 Å². The molecule has 0 aliphatic carbocycles. The van der Waals surface area contributed by atoms with E-state index in [1.165, 1.54) is 34.9 Å². The molecule has 0 radical (unpaired) electrons. The number of pyridine rings is 1. The SMILES string of the molecule is O=[N+]([O-])c1cccc(-c2cn3cc(C(F)(F)F)ccc3n2)c1. The summed E-state index contributed by atoms with van der Waals surface area (Å²) >= 11 is 0. The van der Waals surface area contributed by atoms with Crippen LogP contribution in [0.25, 0.3) is 16.9 Å². The van der Waals surface area contributed by atoms with Gasteiger partial charge in [-0.2, -0.15) is 13.2 Å². The van der Waals surface area contributed by atoms with E-state index in [0.29, 0.717) is 16.9 Å². The van der Waals surface area contributed by atoms with Crippen molar-refractivity contribution in [1.82, 2.24) is 9.38 Å². The van der Waals surface area contributed by atoms with Crippen molar-refractivity contribution in [3.05, 3.63) is 64.5 Å². The van der Waals surface area contributed by atoms with Crippen molar-refractivity contribution in [1.29, 1.82) is 0 Å². The molecule has 0 unspecified atom stereocenters. The van der Waals surface area contributed by atoms with Gasteiger partial charge in [0.2, 0.25) is 0 Å². The molecule has 0 aliphatic heterocycles.